The van der Waals surface area contributed by atoms with Crippen LogP contribution in [0, 0.1) is 0 Å². The maximum atomic E-state index is 10.5. The minimum Gasteiger partial charge on any atom is -0.491 e. The average Bonchev–Trinajstić information content (AvgIpc) is 2.83. The van der Waals surface area contributed by atoms with E-state index in [2.05, 4.69) is 16.9 Å². The fraction of sp³-hybridized carbons (Fsp3) is 0.593. The number of hydrogen-bond donors (Lipinski definition) is 1. The highest BCUT2D eigenvalue weighted by Crippen LogP contribution is 2.19. The van der Waals surface area contributed by atoms with Crippen molar-refractivity contribution in [3.63, 3.8) is 0 Å². The lowest BCUT2D eigenvalue weighted by atomic mass is 10.1. The lowest BCUT2D eigenvalue weighted by Gasteiger charge is -2.08. The number of nitrogens with zero attached hydrogens (tertiary/aromatic N) is 2. The van der Waals surface area contributed by atoms with Crippen molar-refractivity contribution in [2.45, 2.75) is 84.0 Å². The van der Waals surface area contributed by atoms with Gasteiger partial charge in [-0.1, -0.05) is 51.9 Å². The molecule has 1 aromatic heterocycles. The van der Waals surface area contributed by atoms with Crippen molar-refractivity contribution in [1.82, 2.24) is 9.97 Å². The second-order valence-corrected chi connectivity index (χ2v) is 8.48. The quantitative estimate of drug-likeness (QED) is 0.244. The zero-order valence-electron chi connectivity index (χ0n) is 20.1. The maximum Gasteiger partial charge on any atom is 0.303 e. The van der Waals surface area contributed by atoms with E-state index in [0.717, 1.165) is 62.3 Å². The van der Waals surface area contributed by atoms with E-state index >= 15 is 0 Å². The number of carbonyl (C=O) groups is 1. The number of unbranched alkanes of at least 4 members (excludes halogenated alkanes) is 8. The molecule has 0 amide bonds. The highest BCUT2D eigenvalue weighted by atomic mass is 16.5. The minimum absolute atomic E-state index is 0.294. The summed E-state index contributed by atoms with van der Waals surface area (Å²) >= 11 is 0. The third-order valence-electron chi connectivity index (χ3n) is 5.56. The Morgan fingerprint density at radius 1 is 0.818 bits per heavy atom. The lowest BCUT2D eigenvalue weighted by Crippen LogP contribution is -2.07. The van der Waals surface area contributed by atoms with Crippen LogP contribution in [-0.2, 0) is 16.0 Å². The van der Waals surface area contributed by atoms with Gasteiger partial charge in [-0.05, 0) is 55.5 Å². The summed E-state index contributed by atoms with van der Waals surface area (Å²) in [7, 11) is 0. The highest BCUT2D eigenvalue weighted by Gasteiger charge is 2.03. The van der Waals surface area contributed by atoms with E-state index in [1.807, 2.05) is 36.7 Å². The molecule has 0 saturated carbocycles. The topological polar surface area (TPSA) is 81.5 Å². The number of ether oxygens (including phenoxy) is 2. The second-order valence-electron chi connectivity index (χ2n) is 8.48. The van der Waals surface area contributed by atoms with Gasteiger partial charge in [0.1, 0.15) is 12.4 Å². The molecule has 2 aromatic rings. The van der Waals surface area contributed by atoms with Gasteiger partial charge in [-0.25, -0.2) is 9.97 Å². The molecule has 0 saturated heterocycles. The highest BCUT2D eigenvalue weighted by molar-refractivity contribution is 5.66. The summed E-state index contributed by atoms with van der Waals surface area (Å²) in [6, 6.07) is 7.88. The van der Waals surface area contributed by atoms with Crippen molar-refractivity contribution in [3.8, 4) is 17.1 Å². The van der Waals surface area contributed by atoms with Gasteiger partial charge in [0.05, 0.1) is 6.61 Å². The van der Waals surface area contributed by atoms with Crippen LogP contribution in [0.2, 0.25) is 0 Å². The number of aliphatic carboxylic acids is 1. The first-order valence-electron chi connectivity index (χ1n) is 12.5. The third-order valence-corrected chi connectivity index (χ3v) is 5.56. The molecule has 0 bridgehead atoms. The number of benzene rings is 1. The van der Waals surface area contributed by atoms with Gasteiger partial charge in [-0.15, -0.1) is 0 Å². The van der Waals surface area contributed by atoms with Gasteiger partial charge in [-0.3, -0.25) is 4.79 Å². The molecular formula is C27H40N2O4. The van der Waals surface area contributed by atoms with E-state index in [1.165, 1.54) is 37.7 Å². The number of carboxylic acids is 1. The van der Waals surface area contributed by atoms with Crippen molar-refractivity contribution in [1.29, 1.82) is 0 Å². The molecular weight excluding hydrogens is 416 g/mol. The van der Waals surface area contributed by atoms with Crippen LogP contribution in [0.25, 0.3) is 11.4 Å². The number of carboxylic acid groups (broad SMARTS) is 1. The summed E-state index contributed by atoms with van der Waals surface area (Å²) in [5, 5.41) is 8.63. The fourth-order valence-corrected chi connectivity index (χ4v) is 3.60. The minimum atomic E-state index is -0.691. The molecule has 6 nitrogen and oxygen atoms in total. The van der Waals surface area contributed by atoms with E-state index in [-0.39, 0.29) is 0 Å². The molecule has 0 aliphatic heterocycles. The molecule has 33 heavy (non-hydrogen) atoms. The van der Waals surface area contributed by atoms with Crippen LogP contribution in [0.1, 0.15) is 83.1 Å². The van der Waals surface area contributed by atoms with Crippen LogP contribution in [0.3, 0.4) is 0 Å². The van der Waals surface area contributed by atoms with Crippen LogP contribution in [-0.4, -0.2) is 40.9 Å². The Morgan fingerprint density at radius 2 is 1.48 bits per heavy atom. The zero-order chi connectivity index (χ0) is 23.6. The lowest BCUT2D eigenvalue weighted by molar-refractivity contribution is -0.137. The van der Waals surface area contributed by atoms with E-state index < -0.39 is 5.97 Å². The van der Waals surface area contributed by atoms with Crippen LogP contribution < -0.4 is 4.74 Å². The molecule has 1 heterocycles. The van der Waals surface area contributed by atoms with Crippen LogP contribution in [0.15, 0.2) is 36.7 Å². The summed E-state index contributed by atoms with van der Waals surface area (Å²) in [6.07, 6.45) is 16.3. The fourth-order valence-electron chi connectivity index (χ4n) is 3.60. The average molecular weight is 457 g/mol. The predicted octanol–water partition coefficient (Wildman–Crippen LogP) is 6.48. The molecule has 1 N–H and O–H groups in total. The molecule has 0 fully saturated rings. The Kier molecular flexibility index (Phi) is 13.8. The van der Waals surface area contributed by atoms with Gasteiger partial charge in [-0.2, -0.15) is 0 Å². The normalized spacial score (nSPS) is 10.9. The van der Waals surface area contributed by atoms with Crippen LogP contribution >= 0.6 is 0 Å². The number of rotatable bonds is 19. The molecule has 0 unspecified atom stereocenters. The van der Waals surface area contributed by atoms with Crippen LogP contribution in [0.5, 0.6) is 5.75 Å². The van der Waals surface area contributed by atoms with Gasteiger partial charge in [0, 0.05) is 31.0 Å². The molecule has 0 aliphatic carbocycles. The Labute approximate surface area is 198 Å². The Balaban J connectivity index is 1.59. The van der Waals surface area contributed by atoms with Crippen molar-refractivity contribution >= 4 is 5.97 Å². The van der Waals surface area contributed by atoms with Crippen molar-refractivity contribution in [2.24, 2.45) is 0 Å². The molecule has 6 heteroatoms. The smallest absolute Gasteiger partial charge is 0.303 e. The molecule has 0 spiro atoms. The summed E-state index contributed by atoms with van der Waals surface area (Å²) in [4.78, 5) is 19.5. The van der Waals surface area contributed by atoms with Gasteiger partial charge in [0.2, 0.25) is 0 Å². The molecule has 0 atom stereocenters. The van der Waals surface area contributed by atoms with E-state index in [1.54, 1.807) is 0 Å². The van der Waals surface area contributed by atoms with E-state index in [4.69, 9.17) is 14.6 Å². The second kappa shape index (κ2) is 17.1. The Hall–Kier alpha value is -2.47. The van der Waals surface area contributed by atoms with Crippen LogP contribution in [0.4, 0.5) is 0 Å². The van der Waals surface area contributed by atoms with Gasteiger partial charge < -0.3 is 14.6 Å². The van der Waals surface area contributed by atoms with Crippen molar-refractivity contribution < 1.29 is 19.4 Å². The predicted molar refractivity (Wildman–Crippen MR) is 132 cm³/mol. The first kappa shape index (κ1) is 26.8. The first-order chi connectivity index (χ1) is 16.2. The molecule has 1 aromatic carbocycles. The first-order valence-corrected chi connectivity index (χ1v) is 12.5. The molecule has 182 valence electrons. The zero-order valence-corrected chi connectivity index (χ0v) is 20.1. The van der Waals surface area contributed by atoms with Crippen molar-refractivity contribution in [2.75, 3.05) is 19.8 Å². The molecule has 0 radical (unpaired) electrons. The van der Waals surface area contributed by atoms with Crippen molar-refractivity contribution in [3.05, 3.63) is 42.2 Å². The number of aromatic nitrogens is 2. The van der Waals surface area contributed by atoms with Gasteiger partial charge in [0.15, 0.2) is 5.82 Å². The van der Waals surface area contributed by atoms with Gasteiger partial charge in [0.25, 0.3) is 0 Å². The number of hydrogen-bond acceptors (Lipinski definition) is 5. The molecule has 2 rings (SSSR count). The van der Waals surface area contributed by atoms with E-state index in [9.17, 15) is 4.79 Å². The Bertz CT molecular complexity index is 763. The largest absolute Gasteiger partial charge is 0.491 e. The monoisotopic (exact) mass is 456 g/mol. The van der Waals surface area contributed by atoms with E-state index in [0.29, 0.717) is 19.6 Å². The SMILES string of the molecule is CCCCCOCCOc1ccc(-c2ncc(CCCCCCCCCC(=O)O)cn2)cc1. The third kappa shape index (κ3) is 12.4. The summed E-state index contributed by atoms with van der Waals surface area (Å²) in [6.45, 7) is 4.16. The summed E-state index contributed by atoms with van der Waals surface area (Å²) in [5.41, 5.74) is 2.15. The maximum absolute atomic E-state index is 10.5. The Morgan fingerprint density at radius 3 is 2.15 bits per heavy atom. The standard InChI is InChI=1S/C27H40N2O4/c1-2-3-11-18-32-19-20-33-25-16-14-24(15-17-25)27-28-21-23(22-29-27)12-9-7-5-4-6-8-10-13-26(30)31/h14-17,21-22H,2-13,18-20H2,1H3,(H,30,31). The number of aryl methyl sites for hydroxylation is 1. The molecule has 0 aliphatic rings. The van der Waals surface area contributed by atoms with Gasteiger partial charge >= 0.3 is 5.97 Å². The summed E-state index contributed by atoms with van der Waals surface area (Å²) < 4.78 is 11.3. The summed E-state index contributed by atoms with van der Waals surface area (Å²) in [5.74, 6) is 0.865.